The average molecular weight is 389 g/mol. The number of para-hydroxylation sites is 1. The number of rotatable bonds is 2. The molecule has 0 unspecified atom stereocenters. The van der Waals surface area contributed by atoms with Crippen LogP contribution >= 0.6 is 0 Å². The zero-order chi connectivity index (χ0) is 20.5. The predicted octanol–water partition coefficient (Wildman–Crippen LogP) is 7.66. The van der Waals surface area contributed by atoms with Crippen molar-refractivity contribution in [3.05, 3.63) is 96.1 Å². The minimum atomic E-state index is -0.00285. The molecule has 2 nitrogen and oxygen atoms in total. The second-order valence-corrected chi connectivity index (χ2v) is 8.71. The van der Waals surface area contributed by atoms with E-state index >= 15 is 0 Å². The van der Waals surface area contributed by atoms with Crippen molar-refractivity contribution in [2.45, 2.75) is 19.3 Å². The van der Waals surface area contributed by atoms with Crippen LogP contribution in [-0.2, 0) is 5.41 Å². The van der Waals surface area contributed by atoms with Crippen LogP contribution in [0.2, 0.25) is 0 Å². The van der Waals surface area contributed by atoms with E-state index < -0.39 is 0 Å². The molecule has 1 aliphatic carbocycles. The summed E-state index contributed by atoms with van der Waals surface area (Å²) in [5, 5.41) is 2.32. The Morgan fingerprint density at radius 3 is 2.33 bits per heavy atom. The third kappa shape index (κ3) is 2.25. The number of hydrogen-bond donors (Lipinski definition) is 0. The summed E-state index contributed by atoms with van der Waals surface area (Å²) in [6, 6.07) is 30.2. The van der Waals surface area contributed by atoms with Gasteiger partial charge in [-0.05, 0) is 52.6 Å². The topological polar surface area (TPSA) is 16.4 Å². The first-order chi connectivity index (χ1) is 14.6. The second-order valence-electron chi connectivity index (χ2n) is 8.71. The summed E-state index contributed by atoms with van der Waals surface area (Å²) < 4.78 is 6.10. The monoisotopic (exact) mass is 389 g/mol. The SMILES string of the molecule is CN(c1ccc2c(c1)C(C)(C)c1ccccc1-2)c1cccc2oc3ccccc3c12. The summed E-state index contributed by atoms with van der Waals surface area (Å²) in [6.45, 7) is 4.65. The minimum Gasteiger partial charge on any atom is -0.456 e. The van der Waals surface area contributed by atoms with Crippen molar-refractivity contribution in [2.24, 2.45) is 0 Å². The highest BCUT2D eigenvalue weighted by Crippen LogP contribution is 2.50. The number of benzene rings is 4. The molecule has 1 aromatic heterocycles. The lowest BCUT2D eigenvalue weighted by Gasteiger charge is -2.25. The van der Waals surface area contributed by atoms with Crippen LogP contribution in [0.5, 0.6) is 0 Å². The van der Waals surface area contributed by atoms with Crippen molar-refractivity contribution < 1.29 is 4.42 Å². The molecule has 0 fully saturated rings. The van der Waals surface area contributed by atoms with Gasteiger partial charge in [0.15, 0.2) is 0 Å². The molecule has 0 amide bonds. The Hall–Kier alpha value is -3.52. The summed E-state index contributed by atoms with van der Waals surface area (Å²) >= 11 is 0. The smallest absolute Gasteiger partial charge is 0.137 e. The molecular formula is C28H23NO. The fourth-order valence-electron chi connectivity index (χ4n) is 5.08. The summed E-state index contributed by atoms with van der Waals surface area (Å²) in [7, 11) is 2.15. The van der Waals surface area contributed by atoms with Crippen LogP contribution < -0.4 is 4.90 Å². The van der Waals surface area contributed by atoms with Gasteiger partial charge >= 0.3 is 0 Å². The van der Waals surface area contributed by atoms with Crippen LogP contribution in [-0.4, -0.2) is 7.05 Å². The summed E-state index contributed by atoms with van der Waals surface area (Å²) in [5.41, 5.74) is 9.69. The Morgan fingerprint density at radius 1 is 0.700 bits per heavy atom. The zero-order valence-corrected chi connectivity index (χ0v) is 17.4. The Morgan fingerprint density at radius 2 is 1.43 bits per heavy atom. The molecule has 1 aliphatic rings. The van der Waals surface area contributed by atoms with Gasteiger partial charge in [0.05, 0.1) is 11.1 Å². The van der Waals surface area contributed by atoms with Crippen molar-refractivity contribution in [3.8, 4) is 11.1 Å². The maximum atomic E-state index is 6.10. The van der Waals surface area contributed by atoms with E-state index in [1.165, 1.54) is 33.3 Å². The molecule has 2 heteroatoms. The molecule has 1 heterocycles. The standard InChI is InChI=1S/C28H23NO/c1-28(2)22-11-6-4-9-19(22)20-16-15-18(17-23(20)28)29(3)24-12-8-14-26-27(24)21-10-5-7-13-25(21)30-26/h4-17H,1-3H3. The van der Waals surface area contributed by atoms with E-state index in [0.717, 1.165) is 22.2 Å². The predicted molar refractivity (Wildman–Crippen MR) is 126 cm³/mol. The first-order valence-electron chi connectivity index (χ1n) is 10.4. The van der Waals surface area contributed by atoms with Crippen LogP contribution in [0, 0.1) is 0 Å². The highest BCUT2D eigenvalue weighted by Gasteiger charge is 2.35. The molecule has 30 heavy (non-hydrogen) atoms. The van der Waals surface area contributed by atoms with Gasteiger partial charge in [-0.3, -0.25) is 0 Å². The molecule has 146 valence electrons. The fourth-order valence-corrected chi connectivity index (χ4v) is 5.08. The first kappa shape index (κ1) is 17.3. The molecule has 6 rings (SSSR count). The van der Waals surface area contributed by atoms with E-state index in [1.807, 2.05) is 12.1 Å². The third-order valence-corrected chi connectivity index (χ3v) is 6.70. The van der Waals surface area contributed by atoms with E-state index in [-0.39, 0.29) is 5.41 Å². The lowest BCUT2D eigenvalue weighted by molar-refractivity contribution is 0.660. The number of fused-ring (bicyclic) bond motifs is 6. The number of anilines is 2. The molecule has 4 aromatic carbocycles. The Bertz CT molecular complexity index is 1440. The van der Waals surface area contributed by atoms with Crippen molar-refractivity contribution in [3.63, 3.8) is 0 Å². The normalized spacial score (nSPS) is 14.1. The Kier molecular flexibility index (Phi) is 3.47. The van der Waals surface area contributed by atoms with Crippen LogP contribution in [0.4, 0.5) is 11.4 Å². The molecular weight excluding hydrogens is 366 g/mol. The van der Waals surface area contributed by atoms with Crippen LogP contribution in [0.3, 0.4) is 0 Å². The van der Waals surface area contributed by atoms with Gasteiger partial charge in [-0.2, -0.15) is 0 Å². The number of furan rings is 1. The van der Waals surface area contributed by atoms with E-state index in [0.29, 0.717) is 0 Å². The summed E-state index contributed by atoms with van der Waals surface area (Å²) in [6.07, 6.45) is 0. The first-order valence-corrected chi connectivity index (χ1v) is 10.4. The summed E-state index contributed by atoms with van der Waals surface area (Å²) in [5.74, 6) is 0. The van der Waals surface area contributed by atoms with E-state index in [9.17, 15) is 0 Å². The number of nitrogens with zero attached hydrogens (tertiary/aromatic N) is 1. The molecule has 5 aromatic rings. The molecule has 0 spiro atoms. The van der Waals surface area contributed by atoms with Gasteiger partial charge in [-0.15, -0.1) is 0 Å². The average Bonchev–Trinajstić information content (AvgIpc) is 3.26. The highest BCUT2D eigenvalue weighted by atomic mass is 16.3. The lowest BCUT2D eigenvalue weighted by Crippen LogP contribution is -2.16. The van der Waals surface area contributed by atoms with Gasteiger partial charge < -0.3 is 9.32 Å². The maximum absolute atomic E-state index is 6.10. The molecule has 0 bridgehead atoms. The largest absolute Gasteiger partial charge is 0.456 e. The van der Waals surface area contributed by atoms with Crippen molar-refractivity contribution >= 4 is 33.3 Å². The van der Waals surface area contributed by atoms with Crippen molar-refractivity contribution in [1.29, 1.82) is 0 Å². The Balaban J connectivity index is 1.53. The van der Waals surface area contributed by atoms with Gasteiger partial charge in [0.25, 0.3) is 0 Å². The van der Waals surface area contributed by atoms with E-state index in [1.54, 1.807) is 0 Å². The molecule has 0 aliphatic heterocycles. The maximum Gasteiger partial charge on any atom is 0.137 e. The molecule has 0 atom stereocenters. The van der Waals surface area contributed by atoms with Gasteiger partial charge in [-0.25, -0.2) is 0 Å². The molecule has 0 saturated heterocycles. The van der Waals surface area contributed by atoms with E-state index in [4.69, 9.17) is 4.42 Å². The summed E-state index contributed by atoms with van der Waals surface area (Å²) in [4.78, 5) is 2.28. The van der Waals surface area contributed by atoms with Gasteiger partial charge in [0.2, 0.25) is 0 Å². The van der Waals surface area contributed by atoms with Crippen molar-refractivity contribution in [2.75, 3.05) is 11.9 Å². The second kappa shape index (κ2) is 5.99. The fraction of sp³-hybridized carbons (Fsp3) is 0.143. The van der Waals surface area contributed by atoms with E-state index in [2.05, 4.69) is 98.6 Å². The van der Waals surface area contributed by atoms with Crippen LogP contribution in [0.25, 0.3) is 33.1 Å². The van der Waals surface area contributed by atoms with Gasteiger partial charge in [0.1, 0.15) is 11.2 Å². The minimum absolute atomic E-state index is 0.00285. The molecule has 0 N–H and O–H groups in total. The highest BCUT2D eigenvalue weighted by molar-refractivity contribution is 6.12. The quantitative estimate of drug-likeness (QED) is 0.308. The number of hydrogen-bond acceptors (Lipinski definition) is 2. The van der Waals surface area contributed by atoms with Crippen LogP contribution in [0.1, 0.15) is 25.0 Å². The molecule has 0 radical (unpaired) electrons. The third-order valence-electron chi connectivity index (χ3n) is 6.70. The van der Waals surface area contributed by atoms with Gasteiger partial charge in [-0.1, -0.05) is 68.4 Å². The van der Waals surface area contributed by atoms with Gasteiger partial charge in [0, 0.05) is 23.5 Å². The lowest BCUT2D eigenvalue weighted by atomic mass is 9.82. The zero-order valence-electron chi connectivity index (χ0n) is 17.4. The molecule has 0 saturated carbocycles. The Labute approximate surface area is 176 Å². The van der Waals surface area contributed by atoms with Crippen molar-refractivity contribution in [1.82, 2.24) is 0 Å². The van der Waals surface area contributed by atoms with Crippen LogP contribution in [0.15, 0.2) is 89.3 Å².